The van der Waals surface area contributed by atoms with E-state index in [1.165, 1.54) is 11.8 Å². The van der Waals surface area contributed by atoms with Crippen molar-refractivity contribution < 1.29 is 33.5 Å². The van der Waals surface area contributed by atoms with E-state index in [-0.39, 0.29) is 24.5 Å². The third-order valence-electron chi connectivity index (χ3n) is 6.34. The molecule has 0 aromatic heterocycles. The number of benzene rings is 3. The lowest BCUT2D eigenvalue weighted by Gasteiger charge is -2.14. The Morgan fingerprint density at radius 1 is 0.854 bits per heavy atom. The molecule has 0 aliphatic carbocycles. The fourth-order valence-electron chi connectivity index (χ4n) is 4.11. The number of ether oxygens (including phenoxy) is 2. The molecule has 1 saturated heterocycles. The largest absolute Gasteiger partial charge is 0.461 e. The second-order valence-corrected chi connectivity index (χ2v) is 10.6. The number of nitrogens with zero attached hydrogens (tertiary/aromatic N) is 1. The molecule has 3 aromatic carbocycles. The molecule has 1 atom stereocenters. The van der Waals surface area contributed by atoms with Crippen molar-refractivity contribution in [1.29, 1.82) is 0 Å². The highest BCUT2D eigenvalue weighted by Gasteiger charge is 2.25. The van der Waals surface area contributed by atoms with Crippen LogP contribution in [0.5, 0.6) is 0 Å². The number of esters is 2. The van der Waals surface area contributed by atoms with Gasteiger partial charge >= 0.3 is 17.9 Å². The van der Waals surface area contributed by atoms with E-state index in [1.807, 2.05) is 36.4 Å². The first kappa shape index (κ1) is 29.7. The Morgan fingerprint density at radius 3 is 2.22 bits per heavy atom. The molecule has 41 heavy (non-hydrogen) atoms. The highest BCUT2D eigenvalue weighted by molar-refractivity contribution is 7.99. The molecular formula is C32H31NO7S. The van der Waals surface area contributed by atoms with Crippen LogP contribution in [0.25, 0.3) is 0 Å². The standard InChI is InChI=1S/C32H31NO7S/c1-2-3-4-8-11-27(33-40-32(37)24-9-6-5-7-10-24)31(36)23-14-18-26(19-15-23)41-25-16-12-22(13-17-25)28-21-38-29(34)20-30(35)39-28/h5-7,9-10,12-19,28H,2-4,8,11,20-21H2,1H3. The van der Waals surface area contributed by atoms with Crippen LogP contribution < -0.4 is 0 Å². The first-order valence-electron chi connectivity index (χ1n) is 13.5. The van der Waals surface area contributed by atoms with E-state index in [0.717, 1.165) is 41.0 Å². The summed E-state index contributed by atoms with van der Waals surface area (Å²) < 4.78 is 10.4. The van der Waals surface area contributed by atoms with Crippen LogP contribution >= 0.6 is 11.8 Å². The molecule has 0 bridgehead atoms. The van der Waals surface area contributed by atoms with Crippen LogP contribution in [0.1, 0.15) is 77.8 Å². The molecule has 9 heteroatoms. The van der Waals surface area contributed by atoms with Gasteiger partial charge < -0.3 is 14.3 Å². The molecule has 1 fully saturated rings. The van der Waals surface area contributed by atoms with Crippen molar-refractivity contribution >= 4 is 41.2 Å². The van der Waals surface area contributed by atoms with Crippen molar-refractivity contribution in [3.63, 3.8) is 0 Å². The van der Waals surface area contributed by atoms with Gasteiger partial charge in [0.1, 0.15) is 18.7 Å². The molecule has 3 aromatic rings. The fourth-order valence-corrected chi connectivity index (χ4v) is 4.92. The summed E-state index contributed by atoms with van der Waals surface area (Å²) in [5.74, 6) is -2.08. The predicted octanol–water partition coefficient (Wildman–Crippen LogP) is 6.74. The lowest BCUT2D eigenvalue weighted by Crippen LogP contribution is -2.16. The van der Waals surface area contributed by atoms with Gasteiger partial charge in [-0.05, 0) is 66.9 Å². The molecule has 4 rings (SSSR count). The number of unbranched alkanes of at least 4 members (excludes halogenated alkanes) is 3. The minimum absolute atomic E-state index is 0.0120. The van der Waals surface area contributed by atoms with E-state index in [0.29, 0.717) is 17.5 Å². The van der Waals surface area contributed by atoms with Gasteiger partial charge in [0, 0.05) is 15.4 Å². The average Bonchev–Trinajstić information content (AvgIpc) is 3.17. The summed E-state index contributed by atoms with van der Waals surface area (Å²) in [5, 5.41) is 3.98. The molecule has 1 aliphatic rings. The zero-order valence-corrected chi connectivity index (χ0v) is 23.6. The quantitative estimate of drug-likeness (QED) is 0.0446. The molecule has 212 valence electrons. The van der Waals surface area contributed by atoms with Gasteiger partial charge in [0.25, 0.3) is 0 Å². The zero-order chi connectivity index (χ0) is 29.0. The molecule has 8 nitrogen and oxygen atoms in total. The summed E-state index contributed by atoms with van der Waals surface area (Å²) in [6, 6.07) is 23.1. The Kier molecular flexibility index (Phi) is 10.8. The van der Waals surface area contributed by atoms with Crippen LogP contribution in [-0.2, 0) is 23.9 Å². The third kappa shape index (κ3) is 8.88. The molecule has 1 unspecified atom stereocenters. The lowest BCUT2D eigenvalue weighted by atomic mass is 10.0. The fraction of sp³-hybridized carbons (Fsp3) is 0.281. The second kappa shape index (κ2) is 14.9. The van der Waals surface area contributed by atoms with Crippen molar-refractivity contribution in [3.05, 3.63) is 95.6 Å². The van der Waals surface area contributed by atoms with Gasteiger partial charge in [-0.15, -0.1) is 0 Å². The second-order valence-electron chi connectivity index (χ2n) is 9.46. The summed E-state index contributed by atoms with van der Waals surface area (Å²) in [6.07, 6.45) is 3.24. The molecule has 0 spiro atoms. The van der Waals surface area contributed by atoms with Gasteiger partial charge in [0.15, 0.2) is 6.10 Å². The SMILES string of the molecule is CCCCCCC(=NOC(=O)c1ccccc1)C(=O)c1ccc(Sc2ccc(C3COC(=O)CC(=O)O3)cc2)cc1. The van der Waals surface area contributed by atoms with Crippen LogP contribution in [-0.4, -0.2) is 36.0 Å². The van der Waals surface area contributed by atoms with Gasteiger partial charge in [-0.25, -0.2) is 4.79 Å². The van der Waals surface area contributed by atoms with Gasteiger partial charge in [0.05, 0.1) is 5.56 Å². The summed E-state index contributed by atoms with van der Waals surface area (Å²) in [5.41, 5.74) is 1.77. The number of hydrogen-bond acceptors (Lipinski definition) is 9. The maximum Gasteiger partial charge on any atom is 0.365 e. The first-order valence-corrected chi connectivity index (χ1v) is 14.4. The lowest BCUT2D eigenvalue weighted by molar-refractivity contribution is -0.149. The van der Waals surface area contributed by atoms with Crippen LogP contribution in [0.2, 0.25) is 0 Å². The summed E-state index contributed by atoms with van der Waals surface area (Å²) in [6.45, 7) is 2.10. The number of cyclic esters (lactones) is 2. The normalized spacial score (nSPS) is 15.4. The minimum atomic E-state index is -0.636. The van der Waals surface area contributed by atoms with Crippen molar-refractivity contribution in [1.82, 2.24) is 0 Å². The Morgan fingerprint density at radius 2 is 1.54 bits per heavy atom. The van der Waals surface area contributed by atoms with E-state index in [2.05, 4.69) is 12.1 Å². The molecule has 0 N–H and O–H groups in total. The minimum Gasteiger partial charge on any atom is -0.461 e. The summed E-state index contributed by atoms with van der Waals surface area (Å²) in [7, 11) is 0. The third-order valence-corrected chi connectivity index (χ3v) is 7.36. The highest BCUT2D eigenvalue weighted by Crippen LogP contribution is 2.30. The summed E-state index contributed by atoms with van der Waals surface area (Å²) in [4.78, 5) is 55.8. The van der Waals surface area contributed by atoms with E-state index in [1.54, 1.807) is 42.5 Å². The highest BCUT2D eigenvalue weighted by atomic mass is 32.2. The maximum absolute atomic E-state index is 13.3. The summed E-state index contributed by atoms with van der Waals surface area (Å²) >= 11 is 1.50. The van der Waals surface area contributed by atoms with Gasteiger partial charge in [0.2, 0.25) is 5.78 Å². The molecule has 0 amide bonds. The Labute approximate surface area is 243 Å². The molecule has 0 radical (unpaired) electrons. The first-order chi connectivity index (χ1) is 19.9. The number of hydrogen-bond donors (Lipinski definition) is 0. The van der Waals surface area contributed by atoms with Gasteiger partial charge in [-0.3, -0.25) is 14.4 Å². The zero-order valence-electron chi connectivity index (χ0n) is 22.7. The monoisotopic (exact) mass is 573 g/mol. The molecule has 1 aliphatic heterocycles. The maximum atomic E-state index is 13.3. The van der Waals surface area contributed by atoms with Crippen LogP contribution in [0.4, 0.5) is 0 Å². The number of rotatable bonds is 12. The van der Waals surface area contributed by atoms with Crippen LogP contribution in [0.15, 0.2) is 93.8 Å². The van der Waals surface area contributed by atoms with E-state index in [9.17, 15) is 19.2 Å². The average molecular weight is 574 g/mol. The molecule has 0 saturated carbocycles. The Balaban J connectivity index is 1.40. The van der Waals surface area contributed by atoms with E-state index in [4.69, 9.17) is 14.3 Å². The molecule has 1 heterocycles. The van der Waals surface area contributed by atoms with Crippen molar-refractivity contribution in [2.24, 2.45) is 5.16 Å². The van der Waals surface area contributed by atoms with Crippen molar-refractivity contribution in [2.75, 3.05) is 6.61 Å². The molecular weight excluding hydrogens is 542 g/mol. The smallest absolute Gasteiger partial charge is 0.365 e. The number of ketones is 1. The van der Waals surface area contributed by atoms with Crippen molar-refractivity contribution in [3.8, 4) is 0 Å². The topological polar surface area (TPSA) is 108 Å². The van der Waals surface area contributed by atoms with Crippen LogP contribution in [0, 0.1) is 0 Å². The Hall–Kier alpha value is -4.24. The number of Topliss-reactive ketones (excluding diaryl/α,β-unsaturated/α-hetero) is 1. The Bertz CT molecular complexity index is 1390. The van der Waals surface area contributed by atoms with E-state index < -0.39 is 24.0 Å². The number of carbonyl (C=O) groups is 4. The van der Waals surface area contributed by atoms with Crippen molar-refractivity contribution in [2.45, 2.75) is 61.3 Å². The van der Waals surface area contributed by atoms with Gasteiger partial charge in [-0.1, -0.05) is 73.4 Å². The van der Waals surface area contributed by atoms with Crippen LogP contribution in [0.3, 0.4) is 0 Å². The van der Waals surface area contributed by atoms with E-state index >= 15 is 0 Å². The number of oxime groups is 1. The van der Waals surface area contributed by atoms with Gasteiger partial charge in [-0.2, -0.15) is 0 Å². The predicted molar refractivity (Wildman–Crippen MR) is 154 cm³/mol. The number of carbonyl (C=O) groups excluding carboxylic acids is 4.